The molecule has 1 aromatic heterocycles. The van der Waals surface area contributed by atoms with Crippen LogP contribution < -0.4 is 0 Å². The van der Waals surface area contributed by atoms with E-state index in [0.29, 0.717) is 32.4 Å². The van der Waals surface area contributed by atoms with E-state index in [0.717, 1.165) is 23.1 Å². The quantitative estimate of drug-likeness (QED) is 0.773. The van der Waals surface area contributed by atoms with Gasteiger partial charge in [-0.25, -0.2) is 0 Å². The van der Waals surface area contributed by atoms with E-state index in [-0.39, 0.29) is 11.8 Å². The lowest BCUT2D eigenvalue weighted by Crippen LogP contribution is -2.44. The normalized spacial score (nSPS) is 18.9. The monoisotopic (exact) mass is 379 g/mol. The lowest BCUT2D eigenvalue weighted by Gasteiger charge is -2.31. The van der Waals surface area contributed by atoms with Crippen LogP contribution in [0.15, 0.2) is 48.8 Å². The first-order valence-corrected chi connectivity index (χ1v) is 9.94. The van der Waals surface area contributed by atoms with Crippen molar-refractivity contribution in [2.45, 2.75) is 32.6 Å². The molecule has 0 radical (unpaired) electrons. The van der Waals surface area contributed by atoms with E-state index in [2.05, 4.69) is 23.2 Å². The van der Waals surface area contributed by atoms with E-state index in [1.807, 2.05) is 30.0 Å². The predicted molar refractivity (Wildman–Crippen MR) is 111 cm³/mol. The van der Waals surface area contributed by atoms with Crippen molar-refractivity contribution in [2.75, 3.05) is 27.2 Å². The number of carbonyl (C=O) groups is 2. The van der Waals surface area contributed by atoms with Gasteiger partial charge in [0.05, 0.1) is 5.41 Å². The molecule has 3 rings (SSSR count). The number of hydrogen-bond donors (Lipinski definition) is 0. The average Bonchev–Trinajstić information content (AvgIpc) is 3.13. The maximum Gasteiger partial charge on any atom is 0.230 e. The molecule has 0 N–H and O–H groups in total. The summed E-state index contributed by atoms with van der Waals surface area (Å²) < 4.78 is 0. The first-order chi connectivity index (χ1) is 13.4. The fourth-order valence-corrected chi connectivity index (χ4v) is 4.12. The van der Waals surface area contributed by atoms with Gasteiger partial charge in [0.1, 0.15) is 0 Å². The van der Waals surface area contributed by atoms with Gasteiger partial charge < -0.3 is 9.80 Å². The summed E-state index contributed by atoms with van der Waals surface area (Å²) >= 11 is 0. The van der Waals surface area contributed by atoms with Crippen molar-refractivity contribution in [3.05, 3.63) is 54.4 Å². The highest BCUT2D eigenvalue weighted by Crippen LogP contribution is 2.37. The van der Waals surface area contributed by atoms with E-state index in [9.17, 15) is 9.59 Å². The lowest BCUT2D eigenvalue weighted by molar-refractivity contribution is -0.139. The fraction of sp³-hybridized carbons (Fsp3) is 0.435. The molecule has 1 fully saturated rings. The van der Waals surface area contributed by atoms with Crippen LogP contribution in [0, 0.1) is 5.41 Å². The van der Waals surface area contributed by atoms with E-state index in [1.54, 1.807) is 31.4 Å². The van der Waals surface area contributed by atoms with Gasteiger partial charge in [-0.1, -0.05) is 31.2 Å². The first-order valence-electron chi connectivity index (χ1n) is 9.94. The van der Waals surface area contributed by atoms with Crippen LogP contribution in [0.4, 0.5) is 0 Å². The second-order valence-electron chi connectivity index (χ2n) is 7.91. The molecular formula is C23H29N3O2. The zero-order valence-corrected chi connectivity index (χ0v) is 17.0. The number of benzene rings is 1. The van der Waals surface area contributed by atoms with Crippen molar-refractivity contribution >= 4 is 11.8 Å². The second kappa shape index (κ2) is 8.55. The van der Waals surface area contributed by atoms with E-state index in [4.69, 9.17) is 0 Å². The third kappa shape index (κ3) is 4.24. The maximum absolute atomic E-state index is 13.1. The van der Waals surface area contributed by atoms with Crippen LogP contribution in [0.25, 0.3) is 11.1 Å². The minimum atomic E-state index is -0.552. The van der Waals surface area contributed by atoms with Crippen LogP contribution in [-0.4, -0.2) is 53.8 Å². The largest absolute Gasteiger partial charge is 0.348 e. The molecule has 1 aliphatic heterocycles. The molecule has 5 heteroatoms. The highest BCUT2D eigenvalue weighted by atomic mass is 16.2. The zero-order chi connectivity index (χ0) is 20.1. The molecule has 2 heterocycles. The molecule has 28 heavy (non-hydrogen) atoms. The van der Waals surface area contributed by atoms with Gasteiger partial charge in [-0.15, -0.1) is 0 Å². The summed E-state index contributed by atoms with van der Waals surface area (Å²) in [6.45, 7) is 3.17. The third-order valence-electron chi connectivity index (χ3n) is 5.51. The van der Waals surface area contributed by atoms with Crippen LogP contribution in [0.3, 0.4) is 0 Å². The Balaban J connectivity index is 1.87. The van der Waals surface area contributed by atoms with Gasteiger partial charge in [-0.3, -0.25) is 14.6 Å². The molecule has 0 aliphatic carbocycles. The standard InChI is InChI=1S/C23H29N3O2/c1-4-6-21(27)26-14-11-23(17-26,22(28)25(2)3)16-18-7-5-8-20(15-18)19-9-12-24-13-10-19/h5,7-10,12-13,15H,4,6,11,14,16-17H2,1-3H3/t23-/m1/s1. The van der Waals surface area contributed by atoms with Crippen LogP contribution in [-0.2, 0) is 16.0 Å². The molecular weight excluding hydrogens is 350 g/mol. The highest BCUT2D eigenvalue weighted by molar-refractivity contribution is 5.85. The maximum atomic E-state index is 13.1. The number of carbonyl (C=O) groups excluding carboxylic acids is 2. The molecule has 0 bridgehead atoms. The molecule has 1 aromatic carbocycles. The number of pyridine rings is 1. The smallest absolute Gasteiger partial charge is 0.230 e. The molecule has 1 aliphatic rings. The third-order valence-corrected chi connectivity index (χ3v) is 5.51. The Bertz CT molecular complexity index is 835. The van der Waals surface area contributed by atoms with Crippen molar-refractivity contribution in [2.24, 2.45) is 5.41 Å². The fourth-order valence-electron chi connectivity index (χ4n) is 4.12. The Morgan fingerprint density at radius 3 is 2.57 bits per heavy atom. The van der Waals surface area contributed by atoms with Crippen molar-refractivity contribution in [1.82, 2.24) is 14.8 Å². The van der Waals surface area contributed by atoms with Crippen LogP contribution in [0.1, 0.15) is 31.7 Å². The molecule has 1 saturated heterocycles. The Kier molecular flexibility index (Phi) is 6.12. The summed E-state index contributed by atoms with van der Waals surface area (Å²) in [7, 11) is 3.60. The van der Waals surface area contributed by atoms with Gasteiger partial charge in [0, 0.05) is 46.0 Å². The van der Waals surface area contributed by atoms with Gasteiger partial charge in [0.15, 0.2) is 0 Å². The predicted octanol–water partition coefficient (Wildman–Crippen LogP) is 3.40. The van der Waals surface area contributed by atoms with E-state index >= 15 is 0 Å². The number of hydrogen-bond acceptors (Lipinski definition) is 3. The first kappa shape index (κ1) is 20.1. The van der Waals surface area contributed by atoms with Crippen LogP contribution >= 0.6 is 0 Å². The van der Waals surface area contributed by atoms with E-state index in [1.165, 1.54) is 0 Å². The second-order valence-corrected chi connectivity index (χ2v) is 7.91. The van der Waals surface area contributed by atoms with Crippen molar-refractivity contribution in [3.8, 4) is 11.1 Å². The summed E-state index contributed by atoms with van der Waals surface area (Å²) in [5.41, 5.74) is 2.79. The van der Waals surface area contributed by atoms with Crippen molar-refractivity contribution in [1.29, 1.82) is 0 Å². The van der Waals surface area contributed by atoms with Gasteiger partial charge in [-0.05, 0) is 48.1 Å². The molecule has 0 unspecified atom stereocenters. The molecule has 148 valence electrons. The van der Waals surface area contributed by atoms with Gasteiger partial charge in [0.2, 0.25) is 11.8 Å². The number of aromatic nitrogens is 1. The van der Waals surface area contributed by atoms with Crippen molar-refractivity contribution in [3.63, 3.8) is 0 Å². The van der Waals surface area contributed by atoms with Gasteiger partial charge in [0.25, 0.3) is 0 Å². The Morgan fingerprint density at radius 1 is 1.14 bits per heavy atom. The SMILES string of the molecule is CCCC(=O)N1CC[C@](Cc2cccc(-c3ccncc3)c2)(C(=O)N(C)C)C1. The zero-order valence-electron chi connectivity index (χ0n) is 17.0. The number of amides is 2. The van der Waals surface area contributed by atoms with Crippen LogP contribution in [0.5, 0.6) is 0 Å². The summed E-state index contributed by atoms with van der Waals surface area (Å²) in [5, 5.41) is 0. The number of likely N-dealkylation sites (tertiary alicyclic amines) is 1. The lowest BCUT2D eigenvalue weighted by atomic mass is 9.79. The molecule has 1 atom stereocenters. The Morgan fingerprint density at radius 2 is 1.89 bits per heavy atom. The summed E-state index contributed by atoms with van der Waals surface area (Å²) in [5.74, 6) is 0.259. The average molecular weight is 380 g/mol. The molecule has 2 amide bonds. The highest BCUT2D eigenvalue weighted by Gasteiger charge is 2.46. The number of rotatable bonds is 6. The van der Waals surface area contributed by atoms with Crippen LogP contribution in [0.2, 0.25) is 0 Å². The number of nitrogens with zero attached hydrogens (tertiary/aromatic N) is 3. The molecule has 0 saturated carbocycles. The summed E-state index contributed by atoms with van der Waals surface area (Å²) in [6, 6.07) is 12.3. The van der Waals surface area contributed by atoms with Gasteiger partial charge in [-0.2, -0.15) is 0 Å². The minimum Gasteiger partial charge on any atom is -0.348 e. The Hall–Kier alpha value is -2.69. The topological polar surface area (TPSA) is 53.5 Å². The van der Waals surface area contributed by atoms with Gasteiger partial charge >= 0.3 is 0 Å². The Labute approximate surface area is 167 Å². The minimum absolute atomic E-state index is 0.105. The summed E-state index contributed by atoms with van der Waals surface area (Å²) in [4.78, 5) is 33.2. The van der Waals surface area contributed by atoms with Crippen molar-refractivity contribution < 1.29 is 9.59 Å². The molecule has 2 aromatic rings. The molecule has 5 nitrogen and oxygen atoms in total. The van der Waals surface area contributed by atoms with E-state index < -0.39 is 5.41 Å². The molecule has 0 spiro atoms. The summed E-state index contributed by atoms with van der Waals surface area (Å²) in [6.07, 6.45) is 6.29.